The molecule has 3 atom stereocenters. The molecule has 0 unspecified atom stereocenters. The van der Waals surface area contributed by atoms with E-state index in [1.807, 2.05) is 26.4 Å². The van der Waals surface area contributed by atoms with Crippen LogP contribution in [0.4, 0.5) is 0 Å². The van der Waals surface area contributed by atoms with Gasteiger partial charge < -0.3 is 18.8 Å². The first kappa shape index (κ1) is 18.2. The van der Waals surface area contributed by atoms with E-state index in [9.17, 15) is 4.79 Å². The summed E-state index contributed by atoms with van der Waals surface area (Å²) in [4.78, 5) is 25.1. The third-order valence-electron chi connectivity index (χ3n) is 5.88. The second-order valence-electron chi connectivity index (χ2n) is 7.85. The first-order valence-corrected chi connectivity index (χ1v) is 9.51. The lowest BCUT2D eigenvalue weighted by molar-refractivity contribution is -0.134. The molecule has 0 spiro atoms. The quantitative estimate of drug-likeness (QED) is 0.804. The Hall–Kier alpha value is -2.19. The van der Waals surface area contributed by atoms with Crippen LogP contribution in [-0.4, -0.2) is 80.7 Å². The first-order chi connectivity index (χ1) is 12.9. The molecule has 0 saturated carbocycles. The van der Waals surface area contributed by atoms with Crippen LogP contribution in [0.2, 0.25) is 0 Å². The molecule has 0 aromatic carbocycles. The van der Waals surface area contributed by atoms with Gasteiger partial charge in [0.15, 0.2) is 5.82 Å². The second-order valence-corrected chi connectivity index (χ2v) is 7.85. The average molecular weight is 372 g/mol. The number of hydrogen-bond donors (Lipinski definition) is 0. The minimum atomic E-state index is -0.0168. The van der Waals surface area contributed by atoms with E-state index in [0.29, 0.717) is 25.1 Å². The smallest absolute Gasteiger partial charge is 0.224 e. The summed E-state index contributed by atoms with van der Waals surface area (Å²) in [5, 5.41) is 0. The van der Waals surface area contributed by atoms with Crippen LogP contribution in [0.15, 0.2) is 18.6 Å². The van der Waals surface area contributed by atoms with E-state index in [-0.39, 0.29) is 12.0 Å². The summed E-state index contributed by atoms with van der Waals surface area (Å²) in [5.41, 5.74) is 1.04. The van der Waals surface area contributed by atoms with Crippen molar-refractivity contribution in [2.24, 2.45) is 7.05 Å². The zero-order chi connectivity index (χ0) is 19.1. The number of aryl methyl sites for hydroxylation is 1. The standard InChI is InChI=1S/C19H28N6O2/c1-13-21-9-17(23(13)4)19-20-5-6-25(19)14-7-15-12-27-16(11-24(15)10-14)8-18(26)22(2)3/h5-6,9,14-16H,7-8,10-12H2,1-4H3/t14-,15+,16+/m1/s1. The predicted octanol–water partition coefficient (Wildman–Crippen LogP) is 1.08. The molecule has 146 valence electrons. The van der Waals surface area contributed by atoms with Gasteiger partial charge >= 0.3 is 0 Å². The van der Waals surface area contributed by atoms with E-state index >= 15 is 0 Å². The fourth-order valence-corrected chi connectivity index (χ4v) is 4.13. The van der Waals surface area contributed by atoms with Crippen LogP contribution in [-0.2, 0) is 16.6 Å². The Labute approximate surface area is 159 Å². The van der Waals surface area contributed by atoms with Crippen LogP contribution >= 0.6 is 0 Å². The Bertz CT molecular complexity index is 826. The van der Waals surface area contributed by atoms with Crippen molar-refractivity contribution in [2.75, 3.05) is 33.8 Å². The van der Waals surface area contributed by atoms with Crippen molar-refractivity contribution >= 4 is 5.91 Å². The maximum absolute atomic E-state index is 12.0. The van der Waals surface area contributed by atoms with Gasteiger partial charge in [0.2, 0.25) is 5.91 Å². The minimum absolute atomic E-state index is 0.0168. The fourth-order valence-electron chi connectivity index (χ4n) is 4.13. The Morgan fingerprint density at radius 2 is 2.11 bits per heavy atom. The van der Waals surface area contributed by atoms with Gasteiger partial charge in [0.25, 0.3) is 0 Å². The normalized spacial score (nSPS) is 25.6. The number of rotatable bonds is 4. The highest BCUT2D eigenvalue weighted by molar-refractivity contribution is 5.76. The molecule has 0 bridgehead atoms. The molecule has 2 aromatic rings. The molecule has 8 nitrogen and oxygen atoms in total. The number of amides is 1. The number of nitrogens with zero attached hydrogens (tertiary/aromatic N) is 6. The maximum atomic E-state index is 12.0. The molecule has 0 N–H and O–H groups in total. The van der Waals surface area contributed by atoms with Gasteiger partial charge in [-0.25, -0.2) is 9.97 Å². The minimum Gasteiger partial charge on any atom is -0.375 e. The van der Waals surface area contributed by atoms with Crippen LogP contribution in [0.5, 0.6) is 0 Å². The van der Waals surface area contributed by atoms with E-state index in [1.165, 1.54) is 0 Å². The van der Waals surface area contributed by atoms with Gasteiger partial charge in [-0.3, -0.25) is 9.69 Å². The van der Waals surface area contributed by atoms with E-state index in [1.54, 1.807) is 19.0 Å². The third kappa shape index (κ3) is 3.39. The molecule has 2 fully saturated rings. The molecule has 27 heavy (non-hydrogen) atoms. The van der Waals surface area contributed by atoms with Crippen molar-refractivity contribution in [3.8, 4) is 11.5 Å². The number of morpholine rings is 1. The summed E-state index contributed by atoms with van der Waals surface area (Å²) in [6.07, 6.45) is 7.29. The molecular weight excluding hydrogens is 344 g/mol. The number of ether oxygens (including phenoxy) is 1. The van der Waals surface area contributed by atoms with Crippen LogP contribution < -0.4 is 0 Å². The lowest BCUT2D eigenvalue weighted by Crippen LogP contribution is -2.47. The first-order valence-electron chi connectivity index (χ1n) is 9.51. The molecule has 4 heterocycles. The Morgan fingerprint density at radius 1 is 1.30 bits per heavy atom. The fraction of sp³-hybridized carbons (Fsp3) is 0.632. The SMILES string of the molecule is Cc1ncc(-c2nccn2[C@@H]2C[C@H]3CO[C@@H](CC(=O)N(C)C)CN3C2)n1C. The molecule has 8 heteroatoms. The predicted molar refractivity (Wildman–Crippen MR) is 101 cm³/mol. The lowest BCUT2D eigenvalue weighted by Gasteiger charge is -2.35. The maximum Gasteiger partial charge on any atom is 0.224 e. The van der Waals surface area contributed by atoms with E-state index in [0.717, 1.165) is 36.9 Å². The molecular formula is C19H28N6O2. The zero-order valence-corrected chi connectivity index (χ0v) is 16.5. The Morgan fingerprint density at radius 3 is 2.81 bits per heavy atom. The van der Waals surface area contributed by atoms with Gasteiger partial charge in [-0.05, 0) is 13.3 Å². The topological polar surface area (TPSA) is 68.4 Å². The van der Waals surface area contributed by atoms with Crippen molar-refractivity contribution in [1.29, 1.82) is 0 Å². The summed E-state index contributed by atoms with van der Waals surface area (Å²) in [6.45, 7) is 4.46. The molecule has 1 amide bonds. The van der Waals surface area contributed by atoms with Crippen LogP contribution in [0.1, 0.15) is 24.7 Å². The summed E-state index contributed by atoms with van der Waals surface area (Å²) < 4.78 is 10.3. The number of fused-ring (bicyclic) bond motifs is 1. The summed E-state index contributed by atoms with van der Waals surface area (Å²) >= 11 is 0. The number of carbonyl (C=O) groups excluding carboxylic acids is 1. The highest BCUT2D eigenvalue weighted by Gasteiger charge is 2.39. The molecule has 2 aliphatic heterocycles. The summed E-state index contributed by atoms with van der Waals surface area (Å²) in [6, 6.07) is 0.763. The number of hydrogen-bond acceptors (Lipinski definition) is 5. The highest BCUT2D eigenvalue weighted by Crippen LogP contribution is 2.33. The van der Waals surface area contributed by atoms with Crippen LogP contribution in [0.25, 0.3) is 11.5 Å². The van der Waals surface area contributed by atoms with E-state index in [4.69, 9.17) is 4.74 Å². The monoisotopic (exact) mass is 372 g/mol. The molecule has 2 aliphatic rings. The number of aromatic nitrogens is 4. The highest BCUT2D eigenvalue weighted by atomic mass is 16.5. The Kier molecular flexibility index (Phi) is 4.77. The largest absolute Gasteiger partial charge is 0.375 e. The van der Waals surface area contributed by atoms with Crippen LogP contribution in [0, 0.1) is 6.92 Å². The van der Waals surface area contributed by atoms with Gasteiger partial charge in [0.1, 0.15) is 11.5 Å². The zero-order valence-electron chi connectivity index (χ0n) is 16.5. The molecule has 0 aliphatic carbocycles. The van der Waals surface area contributed by atoms with Gasteiger partial charge in [-0.1, -0.05) is 0 Å². The number of carbonyl (C=O) groups is 1. The van der Waals surface area contributed by atoms with Crippen molar-refractivity contribution < 1.29 is 9.53 Å². The van der Waals surface area contributed by atoms with E-state index < -0.39 is 0 Å². The van der Waals surface area contributed by atoms with Gasteiger partial charge in [0, 0.05) is 58.7 Å². The van der Waals surface area contributed by atoms with Gasteiger partial charge in [-0.2, -0.15) is 0 Å². The van der Waals surface area contributed by atoms with E-state index in [2.05, 4.69) is 30.2 Å². The van der Waals surface area contributed by atoms with Crippen molar-refractivity contribution in [1.82, 2.24) is 28.9 Å². The summed E-state index contributed by atoms with van der Waals surface area (Å²) in [5.74, 6) is 2.06. The van der Waals surface area contributed by atoms with Crippen LogP contribution in [0.3, 0.4) is 0 Å². The number of imidazole rings is 2. The van der Waals surface area contributed by atoms with Crippen molar-refractivity contribution in [3.63, 3.8) is 0 Å². The average Bonchev–Trinajstić information content (AvgIpc) is 3.33. The Balaban J connectivity index is 1.47. The molecule has 0 radical (unpaired) electrons. The molecule has 2 saturated heterocycles. The summed E-state index contributed by atoms with van der Waals surface area (Å²) in [7, 11) is 5.61. The molecule has 4 rings (SSSR count). The second kappa shape index (κ2) is 7.09. The van der Waals surface area contributed by atoms with Crippen molar-refractivity contribution in [2.45, 2.75) is 38.0 Å². The third-order valence-corrected chi connectivity index (χ3v) is 5.88. The van der Waals surface area contributed by atoms with Crippen molar-refractivity contribution in [3.05, 3.63) is 24.4 Å². The molecule has 2 aromatic heterocycles. The van der Waals surface area contributed by atoms with Gasteiger partial charge in [-0.15, -0.1) is 0 Å². The lowest BCUT2D eigenvalue weighted by atomic mass is 10.1. The van der Waals surface area contributed by atoms with Gasteiger partial charge in [0.05, 0.1) is 25.3 Å².